The summed E-state index contributed by atoms with van der Waals surface area (Å²) in [7, 11) is 0. The quantitative estimate of drug-likeness (QED) is 0.560. The SMILES string of the molecule is CCOC(=O)C(OCc1ccccc1)C(=O)C(C)C. The Kier molecular flexibility index (Phi) is 6.22. The van der Waals surface area contributed by atoms with Crippen molar-refractivity contribution in [2.45, 2.75) is 33.5 Å². The molecule has 0 N–H and O–H groups in total. The molecule has 0 spiro atoms. The van der Waals surface area contributed by atoms with Gasteiger partial charge in [-0.1, -0.05) is 44.2 Å². The third-order valence-electron chi connectivity index (χ3n) is 2.59. The number of Topliss-reactive ketones (excluding diaryl/α,β-unsaturated/α-hetero) is 1. The molecule has 1 aromatic rings. The second-order valence-corrected chi connectivity index (χ2v) is 4.49. The van der Waals surface area contributed by atoms with Gasteiger partial charge in [-0.3, -0.25) is 4.79 Å². The molecule has 0 aromatic heterocycles. The van der Waals surface area contributed by atoms with Crippen LogP contribution in [-0.2, 0) is 25.7 Å². The molecule has 0 aliphatic heterocycles. The lowest BCUT2D eigenvalue weighted by Crippen LogP contribution is -2.37. The molecule has 0 radical (unpaired) electrons. The van der Waals surface area contributed by atoms with Gasteiger partial charge in [-0.15, -0.1) is 0 Å². The fourth-order valence-electron chi connectivity index (χ4n) is 1.54. The monoisotopic (exact) mass is 264 g/mol. The Hall–Kier alpha value is -1.68. The Bertz CT molecular complexity index is 411. The molecule has 0 saturated carbocycles. The topological polar surface area (TPSA) is 52.6 Å². The zero-order valence-corrected chi connectivity index (χ0v) is 11.6. The van der Waals surface area contributed by atoms with Crippen molar-refractivity contribution >= 4 is 11.8 Å². The summed E-state index contributed by atoms with van der Waals surface area (Å²) in [6, 6.07) is 9.40. The molecule has 104 valence electrons. The first kappa shape index (κ1) is 15.4. The van der Waals surface area contributed by atoms with Gasteiger partial charge in [-0.2, -0.15) is 0 Å². The van der Waals surface area contributed by atoms with Gasteiger partial charge in [0.05, 0.1) is 13.2 Å². The minimum Gasteiger partial charge on any atom is -0.464 e. The number of ketones is 1. The second-order valence-electron chi connectivity index (χ2n) is 4.49. The van der Waals surface area contributed by atoms with E-state index >= 15 is 0 Å². The van der Waals surface area contributed by atoms with Crippen molar-refractivity contribution in [3.63, 3.8) is 0 Å². The Morgan fingerprint density at radius 3 is 2.32 bits per heavy atom. The van der Waals surface area contributed by atoms with Crippen LogP contribution in [0.3, 0.4) is 0 Å². The molecule has 0 aliphatic rings. The minimum absolute atomic E-state index is 0.211. The van der Waals surface area contributed by atoms with Gasteiger partial charge in [0.2, 0.25) is 6.10 Å². The van der Waals surface area contributed by atoms with Crippen LogP contribution in [0.1, 0.15) is 26.3 Å². The summed E-state index contributed by atoms with van der Waals surface area (Å²) in [4.78, 5) is 23.7. The average molecular weight is 264 g/mol. The molecule has 4 nitrogen and oxygen atoms in total. The molecule has 1 rings (SSSR count). The van der Waals surface area contributed by atoms with E-state index in [2.05, 4.69) is 0 Å². The summed E-state index contributed by atoms with van der Waals surface area (Å²) in [5.41, 5.74) is 0.911. The Balaban J connectivity index is 2.69. The number of hydrogen-bond donors (Lipinski definition) is 0. The highest BCUT2D eigenvalue weighted by molar-refractivity contribution is 6.02. The fraction of sp³-hybridized carbons (Fsp3) is 0.467. The molecule has 0 fully saturated rings. The molecule has 1 aromatic carbocycles. The van der Waals surface area contributed by atoms with Crippen molar-refractivity contribution in [2.75, 3.05) is 6.61 Å². The standard InChI is InChI=1S/C15H20O4/c1-4-18-15(17)14(13(16)11(2)3)19-10-12-8-6-5-7-9-12/h5-9,11,14H,4,10H2,1-3H3. The summed E-state index contributed by atoms with van der Waals surface area (Å²) in [5, 5.41) is 0. The lowest BCUT2D eigenvalue weighted by Gasteiger charge is -2.17. The zero-order valence-electron chi connectivity index (χ0n) is 11.6. The average Bonchev–Trinajstić information content (AvgIpc) is 2.40. The maximum atomic E-state index is 12.0. The number of hydrogen-bond acceptors (Lipinski definition) is 4. The van der Waals surface area contributed by atoms with Crippen LogP contribution in [0, 0.1) is 5.92 Å². The molecular formula is C15H20O4. The summed E-state index contributed by atoms with van der Waals surface area (Å²) >= 11 is 0. The van der Waals surface area contributed by atoms with Crippen LogP contribution in [0.2, 0.25) is 0 Å². The number of rotatable bonds is 7. The first-order chi connectivity index (χ1) is 9.06. The lowest BCUT2D eigenvalue weighted by atomic mass is 10.0. The van der Waals surface area contributed by atoms with E-state index in [9.17, 15) is 9.59 Å². The first-order valence-electron chi connectivity index (χ1n) is 6.42. The van der Waals surface area contributed by atoms with Gasteiger partial charge in [0.1, 0.15) is 0 Å². The summed E-state index contributed by atoms with van der Waals surface area (Å²) in [5.74, 6) is -1.14. The highest BCUT2D eigenvalue weighted by Crippen LogP contribution is 2.10. The largest absolute Gasteiger partial charge is 0.464 e. The van der Waals surface area contributed by atoms with Crippen molar-refractivity contribution in [1.82, 2.24) is 0 Å². The molecule has 0 aliphatic carbocycles. The minimum atomic E-state index is -1.14. The maximum absolute atomic E-state index is 12.0. The van der Waals surface area contributed by atoms with Crippen LogP contribution in [-0.4, -0.2) is 24.5 Å². The molecule has 0 amide bonds. The highest BCUT2D eigenvalue weighted by Gasteiger charge is 2.30. The molecule has 1 atom stereocenters. The van der Waals surface area contributed by atoms with Crippen molar-refractivity contribution in [2.24, 2.45) is 5.92 Å². The molecule has 0 heterocycles. The van der Waals surface area contributed by atoms with Gasteiger partial charge in [-0.25, -0.2) is 4.79 Å². The van der Waals surface area contributed by atoms with Crippen LogP contribution in [0.5, 0.6) is 0 Å². The Morgan fingerprint density at radius 1 is 1.16 bits per heavy atom. The van der Waals surface area contributed by atoms with E-state index in [-0.39, 0.29) is 24.9 Å². The van der Waals surface area contributed by atoms with E-state index in [1.54, 1.807) is 20.8 Å². The van der Waals surface area contributed by atoms with E-state index in [1.807, 2.05) is 30.3 Å². The van der Waals surface area contributed by atoms with Gasteiger partial charge in [0, 0.05) is 5.92 Å². The van der Waals surface area contributed by atoms with Crippen LogP contribution < -0.4 is 0 Å². The summed E-state index contributed by atoms with van der Waals surface area (Å²) < 4.78 is 10.3. The number of carbonyl (C=O) groups is 2. The van der Waals surface area contributed by atoms with Crippen LogP contribution in [0.15, 0.2) is 30.3 Å². The van der Waals surface area contributed by atoms with Crippen molar-refractivity contribution in [3.05, 3.63) is 35.9 Å². The Morgan fingerprint density at radius 2 is 1.79 bits per heavy atom. The molecule has 1 unspecified atom stereocenters. The number of carbonyl (C=O) groups excluding carboxylic acids is 2. The van der Waals surface area contributed by atoms with Gasteiger partial charge in [0.15, 0.2) is 5.78 Å². The van der Waals surface area contributed by atoms with Crippen LogP contribution in [0.4, 0.5) is 0 Å². The zero-order chi connectivity index (χ0) is 14.3. The summed E-state index contributed by atoms with van der Waals surface area (Å²) in [6.07, 6.45) is -1.14. The third kappa shape index (κ3) is 4.83. The Labute approximate surface area is 113 Å². The molecular weight excluding hydrogens is 244 g/mol. The second kappa shape index (κ2) is 7.69. The van der Waals surface area contributed by atoms with Gasteiger partial charge in [0.25, 0.3) is 0 Å². The van der Waals surface area contributed by atoms with Crippen molar-refractivity contribution < 1.29 is 19.1 Å². The molecule has 0 bridgehead atoms. The lowest BCUT2D eigenvalue weighted by molar-refractivity contribution is -0.163. The maximum Gasteiger partial charge on any atom is 0.343 e. The van der Waals surface area contributed by atoms with Gasteiger partial charge >= 0.3 is 5.97 Å². The van der Waals surface area contributed by atoms with E-state index in [4.69, 9.17) is 9.47 Å². The van der Waals surface area contributed by atoms with Crippen molar-refractivity contribution in [1.29, 1.82) is 0 Å². The normalized spacial score (nSPS) is 12.2. The molecule has 4 heteroatoms. The molecule has 0 saturated heterocycles. The molecule has 19 heavy (non-hydrogen) atoms. The van der Waals surface area contributed by atoms with E-state index < -0.39 is 12.1 Å². The fourth-order valence-corrected chi connectivity index (χ4v) is 1.54. The number of benzene rings is 1. The predicted octanol–water partition coefficient (Wildman–Crippen LogP) is 2.36. The van der Waals surface area contributed by atoms with Crippen LogP contribution >= 0.6 is 0 Å². The van der Waals surface area contributed by atoms with Gasteiger partial charge < -0.3 is 9.47 Å². The summed E-state index contributed by atoms with van der Waals surface area (Å²) in [6.45, 7) is 5.62. The van der Waals surface area contributed by atoms with Gasteiger partial charge in [-0.05, 0) is 12.5 Å². The van der Waals surface area contributed by atoms with E-state index in [1.165, 1.54) is 0 Å². The number of esters is 1. The first-order valence-corrected chi connectivity index (χ1v) is 6.42. The van der Waals surface area contributed by atoms with E-state index in [0.29, 0.717) is 0 Å². The van der Waals surface area contributed by atoms with E-state index in [0.717, 1.165) is 5.56 Å². The van der Waals surface area contributed by atoms with Crippen LogP contribution in [0.25, 0.3) is 0 Å². The smallest absolute Gasteiger partial charge is 0.343 e. The highest BCUT2D eigenvalue weighted by atomic mass is 16.6. The third-order valence-corrected chi connectivity index (χ3v) is 2.59. The van der Waals surface area contributed by atoms with Crippen molar-refractivity contribution in [3.8, 4) is 0 Å². The predicted molar refractivity (Wildman–Crippen MR) is 71.5 cm³/mol. The number of ether oxygens (including phenoxy) is 2.